The lowest BCUT2D eigenvalue weighted by Gasteiger charge is -2.04. The fourth-order valence-electron chi connectivity index (χ4n) is 0.955. The number of ether oxygens (including phenoxy) is 1. The first-order chi connectivity index (χ1) is 7.61. The van der Waals surface area contributed by atoms with Gasteiger partial charge in [-0.1, -0.05) is 11.8 Å². The maximum absolute atomic E-state index is 11.8. The van der Waals surface area contributed by atoms with Crippen LogP contribution >= 0.6 is 11.8 Å². The van der Waals surface area contributed by atoms with Crippen molar-refractivity contribution in [2.75, 3.05) is 25.2 Å². The molecular weight excluding hydrogens is 238 g/mol. The third-order valence-corrected chi connectivity index (χ3v) is 2.12. The Kier molecular flexibility index (Phi) is 5.33. The van der Waals surface area contributed by atoms with Crippen LogP contribution in [-0.4, -0.2) is 40.8 Å². The number of thioether (sulfide) groups is 1. The average molecular weight is 250 g/mol. The zero-order valence-electron chi connectivity index (χ0n) is 8.69. The molecule has 0 saturated carbocycles. The Hall–Kier alpha value is -1.02. The van der Waals surface area contributed by atoms with E-state index in [4.69, 9.17) is 10.5 Å². The summed E-state index contributed by atoms with van der Waals surface area (Å²) in [5.41, 5.74) is 5.45. The van der Waals surface area contributed by atoms with Gasteiger partial charge in [-0.2, -0.15) is 9.97 Å². The van der Waals surface area contributed by atoms with Gasteiger partial charge in [-0.15, -0.1) is 0 Å². The van der Waals surface area contributed by atoms with Crippen LogP contribution in [-0.2, 0) is 11.2 Å². The SMILES string of the molecule is CSc1nc(N)nc(CCOCC(F)F)n1. The van der Waals surface area contributed by atoms with Gasteiger partial charge in [-0.3, -0.25) is 0 Å². The molecule has 0 aliphatic carbocycles. The maximum Gasteiger partial charge on any atom is 0.261 e. The molecule has 0 saturated heterocycles. The van der Waals surface area contributed by atoms with E-state index < -0.39 is 13.0 Å². The van der Waals surface area contributed by atoms with Gasteiger partial charge in [0.25, 0.3) is 6.43 Å². The predicted molar refractivity (Wildman–Crippen MR) is 56.5 cm³/mol. The molecule has 0 fully saturated rings. The summed E-state index contributed by atoms with van der Waals surface area (Å²) in [5, 5.41) is 0.511. The molecular formula is C8H12F2N4OS. The second-order valence-electron chi connectivity index (χ2n) is 2.81. The first kappa shape index (κ1) is 13.0. The summed E-state index contributed by atoms with van der Waals surface area (Å²) in [6.07, 6.45) is -0.302. The molecule has 16 heavy (non-hydrogen) atoms. The zero-order valence-corrected chi connectivity index (χ0v) is 9.51. The number of nitrogen functional groups attached to an aromatic ring is 1. The number of anilines is 1. The van der Waals surface area contributed by atoms with E-state index in [1.165, 1.54) is 11.8 Å². The highest BCUT2D eigenvalue weighted by Gasteiger charge is 2.05. The summed E-state index contributed by atoms with van der Waals surface area (Å²) in [6.45, 7) is -0.433. The molecule has 0 atom stereocenters. The van der Waals surface area contributed by atoms with E-state index in [9.17, 15) is 8.78 Å². The molecule has 1 aromatic heterocycles. The summed E-state index contributed by atoms with van der Waals surface area (Å²) < 4.78 is 28.2. The molecule has 5 nitrogen and oxygen atoms in total. The van der Waals surface area contributed by atoms with Crippen LogP contribution in [0.25, 0.3) is 0 Å². The molecule has 0 aliphatic rings. The van der Waals surface area contributed by atoms with E-state index in [1.54, 1.807) is 0 Å². The fraction of sp³-hybridized carbons (Fsp3) is 0.625. The van der Waals surface area contributed by atoms with Gasteiger partial charge in [0.05, 0.1) is 6.61 Å². The molecule has 8 heteroatoms. The molecule has 2 N–H and O–H groups in total. The van der Waals surface area contributed by atoms with E-state index in [-0.39, 0.29) is 12.6 Å². The van der Waals surface area contributed by atoms with Crippen LogP contribution in [0.1, 0.15) is 5.82 Å². The van der Waals surface area contributed by atoms with E-state index in [0.29, 0.717) is 17.4 Å². The average Bonchev–Trinajstić information content (AvgIpc) is 2.23. The van der Waals surface area contributed by atoms with E-state index in [2.05, 4.69) is 15.0 Å². The van der Waals surface area contributed by atoms with Crippen molar-refractivity contribution in [3.05, 3.63) is 5.82 Å². The van der Waals surface area contributed by atoms with Crippen LogP contribution < -0.4 is 5.73 Å². The van der Waals surface area contributed by atoms with Gasteiger partial charge >= 0.3 is 0 Å². The van der Waals surface area contributed by atoms with Crippen LogP contribution in [0.2, 0.25) is 0 Å². The van der Waals surface area contributed by atoms with Gasteiger partial charge in [0.1, 0.15) is 12.4 Å². The van der Waals surface area contributed by atoms with Crippen molar-refractivity contribution in [1.29, 1.82) is 0 Å². The van der Waals surface area contributed by atoms with Crippen molar-refractivity contribution >= 4 is 17.7 Å². The largest absolute Gasteiger partial charge is 0.375 e. The molecule has 1 aromatic rings. The van der Waals surface area contributed by atoms with Gasteiger partial charge in [0.15, 0.2) is 5.16 Å². The van der Waals surface area contributed by atoms with E-state index >= 15 is 0 Å². The Morgan fingerprint density at radius 1 is 1.38 bits per heavy atom. The number of rotatable bonds is 6. The third-order valence-electron chi connectivity index (χ3n) is 1.57. The fourth-order valence-corrected chi connectivity index (χ4v) is 1.34. The van der Waals surface area contributed by atoms with Gasteiger partial charge in [0.2, 0.25) is 5.95 Å². The minimum Gasteiger partial charge on any atom is -0.375 e. The quantitative estimate of drug-likeness (QED) is 0.599. The topological polar surface area (TPSA) is 73.9 Å². The number of aromatic nitrogens is 3. The Bertz CT molecular complexity index is 340. The Balaban J connectivity index is 2.44. The van der Waals surface area contributed by atoms with Crippen molar-refractivity contribution in [2.45, 2.75) is 18.0 Å². The Labute approximate surface area is 95.8 Å². The lowest BCUT2D eigenvalue weighted by Crippen LogP contribution is -2.10. The minimum atomic E-state index is -2.45. The van der Waals surface area contributed by atoms with Crippen LogP contribution in [0.15, 0.2) is 5.16 Å². The zero-order chi connectivity index (χ0) is 12.0. The van der Waals surface area contributed by atoms with Crippen LogP contribution in [0.3, 0.4) is 0 Å². The molecule has 1 heterocycles. The Morgan fingerprint density at radius 2 is 2.12 bits per heavy atom. The number of nitrogens with zero attached hydrogens (tertiary/aromatic N) is 3. The van der Waals surface area contributed by atoms with Crippen molar-refractivity contribution in [3.63, 3.8) is 0 Å². The number of hydrogen-bond acceptors (Lipinski definition) is 6. The highest BCUT2D eigenvalue weighted by molar-refractivity contribution is 7.98. The lowest BCUT2D eigenvalue weighted by molar-refractivity contribution is 0.0182. The van der Waals surface area contributed by atoms with Gasteiger partial charge in [0, 0.05) is 6.42 Å². The van der Waals surface area contributed by atoms with E-state index in [1.807, 2.05) is 6.26 Å². The number of hydrogen-bond donors (Lipinski definition) is 1. The summed E-state index contributed by atoms with van der Waals surface area (Å²) in [6, 6.07) is 0. The molecule has 0 radical (unpaired) electrons. The standard InChI is InChI=1S/C8H12F2N4OS/c1-16-8-13-6(12-7(11)14-8)2-3-15-4-5(9)10/h5H,2-4H2,1H3,(H2,11,12,13,14). The summed E-state index contributed by atoms with van der Waals surface area (Å²) in [5.74, 6) is 0.578. The number of nitrogens with two attached hydrogens (primary N) is 1. The number of alkyl halides is 2. The first-order valence-corrected chi connectivity index (χ1v) is 5.74. The van der Waals surface area contributed by atoms with Gasteiger partial charge in [-0.25, -0.2) is 13.8 Å². The van der Waals surface area contributed by atoms with Crippen LogP contribution in [0, 0.1) is 0 Å². The maximum atomic E-state index is 11.8. The molecule has 0 spiro atoms. The Morgan fingerprint density at radius 3 is 2.75 bits per heavy atom. The van der Waals surface area contributed by atoms with E-state index in [0.717, 1.165) is 0 Å². The molecule has 90 valence electrons. The van der Waals surface area contributed by atoms with Crippen molar-refractivity contribution in [1.82, 2.24) is 15.0 Å². The summed E-state index contributed by atoms with van der Waals surface area (Å²) in [7, 11) is 0. The second kappa shape index (κ2) is 6.54. The van der Waals surface area contributed by atoms with Crippen molar-refractivity contribution < 1.29 is 13.5 Å². The van der Waals surface area contributed by atoms with Crippen molar-refractivity contribution in [3.8, 4) is 0 Å². The lowest BCUT2D eigenvalue weighted by atomic mass is 10.4. The van der Waals surface area contributed by atoms with Crippen LogP contribution in [0.5, 0.6) is 0 Å². The first-order valence-electron chi connectivity index (χ1n) is 4.52. The van der Waals surface area contributed by atoms with Crippen LogP contribution in [0.4, 0.5) is 14.7 Å². The molecule has 1 rings (SSSR count). The number of halogens is 2. The molecule has 0 aromatic carbocycles. The van der Waals surface area contributed by atoms with Gasteiger partial charge in [-0.05, 0) is 6.26 Å². The molecule has 0 bridgehead atoms. The van der Waals surface area contributed by atoms with Gasteiger partial charge < -0.3 is 10.5 Å². The minimum absolute atomic E-state index is 0.128. The highest BCUT2D eigenvalue weighted by atomic mass is 32.2. The summed E-state index contributed by atoms with van der Waals surface area (Å²) >= 11 is 1.34. The highest BCUT2D eigenvalue weighted by Crippen LogP contribution is 2.09. The monoisotopic (exact) mass is 250 g/mol. The second-order valence-corrected chi connectivity index (χ2v) is 3.59. The smallest absolute Gasteiger partial charge is 0.261 e. The predicted octanol–water partition coefficient (Wildman–Crippen LogP) is 1.000. The molecule has 0 aliphatic heterocycles. The molecule has 0 amide bonds. The van der Waals surface area contributed by atoms with Crippen molar-refractivity contribution in [2.24, 2.45) is 0 Å². The summed E-state index contributed by atoms with van der Waals surface area (Å²) in [4.78, 5) is 11.8. The normalized spacial score (nSPS) is 11.0. The molecule has 0 unspecified atom stereocenters. The third kappa shape index (κ3) is 4.67.